The van der Waals surface area contributed by atoms with E-state index in [9.17, 15) is 22.8 Å². The van der Waals surface area contributed by atoms with Gasteiger partial charge in [-0.25, -0.2) is 0 Å². The quantitative estimate of drug-likeness (QED) is 0.151. The summed E-state index contributed by atoms with van der Waals surface area (Å²) in [6, 6.07) is 20.4. The summed E-state index contributed by atoms with van der Waals surface area (Å²) in [4.78, 5) is 32.9. The molecule has 1 aliphatic carbocycles. The maximum absolute atomic E-state index is 14.2. The Morgan fingerprint density at radius 2 is 1.42 bits per heavy atom. The van der Waals surface area contributed by atoms with Crippen molar-refractivity contribution >= 4 is 23.3 Å². The van der Waals surface area contributed by atoms with Crippen LogP contribution in [0.2, 0.25) is 5.02 Å². The van der Waals surface area contributed by atoms with E-state index in [0.29, 0.717) is 49.5 Å². The first-order valence-corrected chi connectivity index (χ1v) is 17.0. The van der Waals surface area contributed by atoms with Crippen molar-refractivity contribution in [2.45, 2.75) is 65.6 Å². The van der Waals surface area contributed by atoms with Gasteiger partial charge in [-0.3, -0.25) is 9.59 Å². The van der Waals surface area contributed by atoms with Gasteiger partial charge in [-0.05, 0) is 98.6 Å². The molecule has 3 aromatic rings. The van der Waals surface area contributed by atoms with Gasteiger partial charge in [0.1, 0.15) is 6.54 Å². The zero-order valence-electron chi connectivity index (χ0n) is 28.1. The third-order valence-electron chi connectivity index (χ3n) is 9.04. The van der Waals surface area contributed by atoms with Gasteiger partial charge in [0.15, 0.2) is 5.78 Å². The van der Waals surface area contributed by atoms with Crippen LogP contribution in [0.15, 0.2) is 96.3 Å². The Labute approximate surface area is 287 Å². The summed E-state index contributed by atoms with van der Waals surface area (Å²) in [5.41, 5.74) is 5.26. The van der Waals surface area contributed by atoms with Crippen molar-refractivity contribution in [2.24, 2.45) is 0 Å². The number of hydrogen-bond acceptors (Lipinski definition) is 4. The molecule has 0 aromatic heterocycles. The SMILES string of the molecule is C=C(CCc1ccc(Cl)cc1)N(CC(=O)N(CCN(CC)CC)Cc1ccc(-c2ccc(C(F)(F)F)cc2)cc1)C1=C(C(C)=O)CCC1. The second-order valence-electron chi connectivity index (χ2n) is 12.2. The van der Waals surface area contributed by atoms with Gasteiger partial charge in [-0.15, -0.1) is 0 Å². The molecule has 0 atom stereocenters. The molecule has 48 heavy (non-hydrogen) atoms. The van der Waals surface area contributed by atoms with E-state index in [4.69, 9.17) is 11.6 Å². The van der Waals surface area contributed by atoms with Crippen molar-refractivity contribution in [2.75, 3.05) is 32.7 Å². The lowest BCUT2D eigenvalue weighted by Crippen LogP contribution is -2.43. The van der Waals surface area contributed by atoms with Crippen LogP contribution in [0.4, 0.5) is 13.2 Å². The van der Waals surface area contributed by atoms with Crippen molar-refractivity contribution in [3.63, 3.8) is 0 Å². The Kier molecular flexibility index (Phi) is 13.1. The van der Waals surface area contributed by atoms with Gasteiger partial charge in [-0.2, -0.15) is 13.2 Å². The molecule has 0 unspecified atom stereocenters. The van der Waals surface area contributed by atoms with Crippen LogP contribution in [-0.2, 0) is 28.7 Å². The minimum absolute atomic E-state index is 0.0250. The van der Waals surface area contributed by atoms with Crippen molar-refractivity contribution in [1.29, 1.82) is 0 Å². The van der Waals surface area contributed by atoms with Crippen molar-refractivity contribution < 1.29 is 22.8 Å². The van der Waals surface area contributed by atoms with Gasteiger partial charge in [-0.1, -0.05) is 80.6 Å². The Balaban J connectivity index is 1.55. The fourth-order valence-electron chi connectivity index (χ4n) is 6.08. The summed E-state index contributed by atoms with van der Waals surface area (Å²) >= 11 is 6.08. The molecule has 0 N–H and O–H groups in total. The maximum atomic E-state index is 14.2. The van der Waals surface area contributed by atoms with Crippen LogP contribution in [0, 0.1) is 0 Å². The molecular formula is C39H45ClF3N3O2. The molecule has 4 rings (SSSR count). The minimum atomic E-state index is -4.38. The van der Waals surface area contributed by atoms with E-state index in [2.05, 4.69) is 25.3 Å². The number of aryl methyl sites for hydroxylation is 1. The highest BCUT2D eigenvalue weighted by molar-refractivity contribution is 6.30. The molecular weight excluding hydrogens is 635 g/mol. The number of rotatable bonds is 16. The second kappa shape index (κ2) is 17.0. The summed E-state index contributed by atoms with van der Waals surface area (Å²) in [5.74, 6) is -0.0408. The Bertz CT molecular complexity index is 1580. The molecule has 256 valence electrons. The Morgan fingerprint density at radius 3 is 1.98 bits per heavy atom. The third-order valence-corrected chi connectivity index (χ3v) is 9.29. The number of nitrogens with zero attached hydrogens (tertiary/aromatic N) is 3. The molecule has 0 heterocycles. The fourth-order valence-corrected chi connectivity index (χ4v) is 6.21. The number of amides is 1. The van der Waals surface area contributed by atoms with Crippen LogP contribution in [0.5, 0.6) is 0 Å². The number of carbonyl (C=O) groups is 2. The van der Waals surface area contributed by atoms with E-state index < -0.39 is 11.7 Å². The van der Waals surface area contributed by atoms with Crippen LogP contribution in [-0.4, -0.2) is 59.1 Å². The molecule has 1 amide bonds. The van der Waals surface area contributed by atoms with Crippen LogP contribution in [0.3, 0.4) is 0 Å². The van der Waals surface area contributed by atoms with Gasteiger partial charge in [0.2, 0.25) is 5.91 Å². The highest BCUT2D eigenvalue weighted by Gasteiger charge is 2.30. The number of halogens is 4. The minimum Gasteiger partial charge on any atom is -0.339 e. The van der Waals surface area contributed by atoms with E-state index in [-0.39, 0.29) is 18.2 Å². The number of likely N-dealkylation sites (N-methyl/N-ethyl adjacent to an activating group) is 1. The largest absolute Gasteiger partial charge is 0.416 e. The second-order valence-corrected chi connectivity index (χ2v) is 12.7. The third kappa shape index (κ3) is 10.1. The summed E-state index contributed by atoms with van der Waals surface area (Å²) in [6.07, 6.45) is -0.779. The molecule has 0 bridgehead atoms. The molecule has 0 saturated carbocycles. The number of Topliss-reactive ketones (excluding diaryl/α,β-unsaturated/α-hetero) is 1. The van der Waals surface area contributed by atoms with Crippen molar-refractivity contribution in [1.82, 2.24) is 14.7 Å². The highest BCUT2D eigenvalue weighted by atomic mass is 35.5. The number of benzene rings is 3. The van der Waals surface area contributed by atoms with E-state index in [0.717, 1.165) is 71.7 Å². The van der Waals surface area contributed by atoms with Crippen LogP contribution in [0.1, 0.15) is 63.1 Å². The zero-order valence-corrected chi connectivity index (χ0v) is 28.8. The summed E-state index contributed by atoms with van der Waals surface area (Å²) in [7, 11) is 0. The number of carbonyl (C=O) groups excluding carboxylic acids is 2. The molecule has 0 fully saturated rings. The lowest BCUT2D eigenvalue weighted by molar-refractivity contribution is -0.137. The molecule has 0 radical (unpaired) electrons. The normalized spacial score (nSPS) is 13.2. The predicted molar refractivity (Wildman–Crippen MR) is 187 cm³/mol. The lowest BCUT2D eigenvalue weighted by Gasteiger charge is -2.33. The smallest absolute Gasteiger partial charge is 0.339 e. The molecule has 0 spiro atoms. The van der Waals surface area contributed by atoms with Crippen LogP contribution in [0.25, 0.3) is 11.1 Å². The summed E-state index contributed by atoms with van der Waals surface area (Å²) in [5, 5.41) is 0.672. The lowest BCUT2D eigenvalue weighted by atomic mass is 10.0. The summed E-state index contributed by atoms with van der Waals surface area (Å²) < 4.78 is 39.1. The topological polar surface area (TPSA) is 43.9 Å². The summed E-state index contributed by atoms with van der Waals surface area (Å²) in [6.45, 7) is 13.6. The van der Waals surface area contributed by atoms with Gasteiger partial charge in [0, 0.05) is 41.6 Å². The standard InChI is InChI=1S/C39H45ClF3N3O2/c1-5-44(6-2)24-25-45(26-31-12-16-32(17-13-31)33-18-20-34(21-19-33)39(41,42)43)38(48)27-46(37-9-7-8-36(37)29(4)47)28(3)10-11-30-14-22-35(40)23-15-30/h12-23H,3,5-11,24-27H2,1-2,4H3. The van der Waals surface area contributed by atoms with Gasteiger partial charge >= 0.3 is 6.18 Å². The monoisotopic (exact) mass is 679 g/mol. The van der Waals surface area contributed by atoms with Gasteiger partial charge < -0.3 is 14.7 Å². The Hall–Kier alpha value is -3.88. The maximum Gasteiger partial charge on any atom is 0.416 e. The fraction of sp³-hybridized carbons (Fsp3) is 0.385. The van der Waals surface area contributed by atoms with Gasteiger partial charge in [0.05, 0.1) is 5.56 Å². The van der Waals surface area contributed by atoms with Crippen LogP contribution < -0.4 is 0 Å². The van der Waals surface area contributed by atoms with Crippen molar-refractivity contribution in [3.05, 3.63) is 118 Å². The van der Waals surface area contributed by atoms with Gasteiger partial charge in [0.25, 0.3) is 0 Å². The first kappa shape index (κ1) is 36.9. The van der Waals surface area contributed by atoms with E-state index in [1.807, 2.05) is 58.3 Å². The average Bonchev–Trinajstić information content (AvgIpc) is 3.57. The number of hydrogen-bond donors (Lipinski definition) is 0. The van der Waals surface area contributed by atoms with Crippen LogP contribution >= 0.6 is 11.6 Å². The first-order chi connectivity index (χ1) is 22.9. The number of allylic oxidation sites excluding steroid dienone is 3. The molecule has 0 saturated heterocycles. The molecule has 0 aliphatic heterocycles. The molecule has 5 nitrogen and oxygen atoms in total. The zero-order chi connectivity index (χ0) is 34.8. The average molecular weight is 680 g/mol. The molecule has 9 heteroatoms. The van der Waals surface area contributed by atoms with Crippen molar-refractivity contribution in [3.8, 4) is 11.1 Å². The van der Waals surface area contributed by atoms with E-state index in [1.54, 1.807) is 6.92 Å². The predicted octanol–water partition coefficient (Wildman–Crippen LogP) is 9.17. The van der Waals surface area contributed by atoms with E-state index in [1.165, 1.54) is 12.1 Å². The Morgan fingerprint density at radius 1 is 0.833 bits per heavy atom. The first-order valence-electron chi connectivity index (χ1n) is 16.6. The molecule has 3 aromatic carbocycles. The number of ketones is 1. The number of alkyl halides is 3. The highest BCUT2D eigenvalue weighted by Crippen LogP contribution is 2.33. The molecule has 1 aliphatic rings. The van der Waals surface area contributed by atoms with E-state index >= 15 is 0 Å².